The third-order valence-electron chi connectivity index (χ3n) is 13.5. The Morgan fingerprint density at radius 2 is 1.68 bits per heavy atom. The van der Waals surface area contributed by atoms with E-state index in [9.17, 15) is 14.7 Å². The standard InChI is InChI=1S/C32H49NO4/c1-19-11-16-32(27(35)36)18-17-30(7)22(26(32)20(19)2)9-10-24-29(6)14-13-25(33-37-21(3)34)28(4,5)23(29)12-15-31(24,30)8/h9,19-20,23-24,26H,10-18H2,1-8H3,(H,35,36)/b33-25+/t19-,20+,23?,24?,26?,29+,30-,31-,32+/m1/s1. The Bertz CT molecular complexity index is 1060. The highest BCUT2D eigenvalue weighted by Gasteiger charge is 2.69. The molecule has 1 N–H and O–H groups in total. The summed E-state index contributed by atoms with van der Waals surface area (Å²) in [6.07, 6.45) is 11.5. The number of oxime groups is 1. The van der Waals surface area contributed by atoms with E-state index < -0.39 is 11.4 Å². The lowest BCUT2D eigenvalue weighted by molar-refractivity contribution is -0.181. The summed E-state index contributed by atoms with van der Waals surface area (Å²) < 4.78 is 0. The van der Waals surface area contributed by atoms with Gasteiger partial charge in [0, 0.05) is 12.3 Å². The van der Waals surface area contributed by atoms with Crippen molar-refractivity contribution >= 4 is 17.7 Å². The Kier molecular flexibility index (Phi) is 6.13. The molecule has 0 amide bonds. The van der Waals surface area contributed by atoms with Crippen molar-refractivity contribution in [1.29, 1.82) is 0 Å². The second-order valence-corrected chi connectivity index (χ2v) is 15.0. The maximum atomic E-state index is 12.9. The van der Waals surface area contributed by atoms with Gasteiger partial charge in [-0.2, -0.15) is 0 Å². The second kappa shape index (κ2) is 8.42. The lowest BCUT2D eigenvalue weighted by Crippen LogP contribution is -2.65. The molecule has 0 saturated heterocycles. The van der Waals surface area contributed by atoms with Crippen LogP contribution in [0.15, 0.2) is 16.8 Å². The summed E-state index contributed by atoms with van der Waals surface area (Å²) in [6.45, 7) is 18.3. The highest BCUT2D eigenvalue weighted by Crippen LogP contribution is 2.75. The number of rotatable bonds is 2. The number of carboxylic acids is 1. The van der Waals surface area contributed by atoms with Crippen LogP contribution in [0.4, 0.5) is 0 Å². The van der Waals surface area contributed by atoms with Crippen LogP contribution in [-0.2, 0) is 14.4 Å². The Balaban J connectivity index is 1.56. The van der Waals surface area contributed by atoms with Crippen LogP contribution >= 0.6 is 0 Å². The van der Waals surface area contributed by atoms with Crippen molar-refractivity contribution in [1.82, 2.24) is 0 Å². The Morgan fingerprint density at radius 1 is 0.973 bits per heavy atom. The van der Waals surface area contributed by atoms with Gasteiger partial charge < -0.3 is 9.94 Å². The molecule has 0 spiro atoms. The number of allylic oxidation sites excluding steroid dienone is 2. The van der Waals surface area contributed by atoms with Crippen molar-refractivity contribution < 1.29 is 19.5 Å². The van der Waals surface area contributed by atoms with Gasteiger partial charge in [0.1, 0.15) is 0 Å². The van der Waals surface area contributed by atoms with Crippen molar-refractivity contribution in [2.75, 3.05) is 0 Å². The normalized spacial score (nSPS) is 49.6. The van der Waals surface area contributed by atoms with E-state index in [1.807, 2.05) is 0 Å². The smallest absolute Gasteiger partial charge is 0.331 e. The SMILES string of the molecule is CC(=O)O/N=C1\CC[C@@]2(C)C(CC[C@]3(C)C2CC=C2C4[C@@H](C)[C@H](C)CC[C@]4(C(=O)O)CC[C@]23C)C1(C)C. The quantitative estimate of drug-likeness (QED) is 0.235. The van der Waals surface area contributed by atoms with E-state index in [-0.39, 0.29) is 33.5 Å². The molecule has 4 saturated carbocycles. The molecule has 0 aromatic heterocycles. The summed E-state index contributed by atoms with van der Waals surface area (Å²) in [6, 6.07) is 0. The van der Waals surface area contributed by atoms with Crippen LogP contribution in [0.25, 0.3) is 0 Å². The average molecular weight is 512 g/mol. The van der Waals surface area contributed by atoms with Crippen LogP contribution in [0.3, 0.4) is 0 Å². The van der Waals surface area contributed by atoms with E-state index in [1.54, 1.807) is 0 Å². The van der Waals surface area contributed by atoms with Gasteiger partial charge in [-0.25, -0.2) is 4.79 Å². The largest absolute Gasteiger partial charge is 0.481 e. The van der Waals surface area contributed by atoms with Gasteiger partial charge in [-0.3, -0.25) is 4.79 Å². The molecule has 5 aliphatic rings. The maximum Gasteiger partial charge on any atom is 0.331 e. The first-order chi connectivity index (χ1) is 17.1. The molecule has 0 bridgehead atoms. The van der Waals surface area contributed by atoms with Crippen LogP contribution in [0, 0.1) is 56.7 Å². The van der Waals surface area contributed by atoms with Gasteiger partial charge in [-0.05, 0) is 104 Å². The van der Waals surface area contributed by atoms with Crippen molar-refractivity contribution in [3.63, 3.8) is 0 Å². The number of carbonyl (C=O) groups excluding carboxylic acids is 1. The predicted octanol–water partition coefficient (Wildman–Crippen LogP) is 7.65. The van der Waals surface area contributed by atoms with Gasteiger partial charge >= 0.3 is 11.9 Å². The summed E-state index contributed by atoms with van der Waals surface area (Å²) >= 11 is 0. The van der Waals surface area contributed by atoms with Crippen LogP contribution in [-0.4, -0.2) is 22.8 Å². The fourth-order valence-corrected chi connectivity index (χ4v) is 11.0. The molecular weight excluding hydrogens is 462 g/mol. The molecule has 5 aliphatic carbocycles. The molecule has 0 aliphatic heterocycles. The number of carbonyl (C=O) groups is 2. The predicted molar refractivity (Wildman–Crippen MR) is 146 cm³/mol. The molecule has 5 rings (SSSR count). The molecule has 0 radical (unpaired) electrons. The van der Waals surface area contributed by atoms with E-state index in [0.717, 1.165) is 63.5 Å². The van der Waals surface area contributed by atoms with Gasteiger partial charge in [-0.15, -0.1) is 0 Å². The topological polar surface area (TPSA) is 76.0 Å². The molecule has 9 atom stereocenters. The number of nitrogens with zero attached hydrogens (tertiary/aromatic N) is 1. The molecule has 4 fully saturated rings. The van der Waals surface area contributed by atoms with E-state index in [2.05, 4.69) is 59.7 Å². The van der Waals surface area contributed by atoms with Crippen LogP contribution in [0.1, 0.15) is 113 Å². The van der Waals surface area contributed by atoms with Gasteiger partial charge in [-0.1, -0.05) is 65.3 Å². The van der Waals surface area contributed by atoms with E-state index >= 15 is 0 Å². The third kappa shape index (κ3) is 3.43. The minimum atomic E-state index is -0.587. The van der Waals surface area contributed by atoms with Crippen molar-refractivity contribution in [3.05, 3.63) is 11.6 Å². The molecule has 0 aromatic rings. The van der Waals surface area contributed by atoms with Crippen LogP contribution < -0.4 is 0 Å². The Labute approximate surface area is 223 Å². The maximum absolute atomic E-state index is 12.9. The van der Waals surface area contributed by atoms with Crippen LogP contribution in [0.2, 0.25) is 0 Å². The molecule has 5 nitrogen and oxygen atoms in total. The summed E-state index contributed by atoms with van der Waals surface area (Å²) in [7, 11) is 0. The number of hydrogen-bond donors (Lipinski definition) is 1. The Hall–Kier alpha value is -1.65. The van der Waals surface area contributed by atoms with Crippen molar-refractivity contribution in [2.24, 2.45) is 61.8 Å². The summed E-state index contributed by atoms with van der Waals surface area (Å²) in [5, 5.41) is 14.9. The first kappa shape index (κ1) is 26.9. The average Bonchev–Trinajstić information content (AvgIpc) is 2.80. The first-order valence-electron chi connectivity index (χ1n) is 14.8. The highest BCUT2D eigenvalue weighted by molar-refractivity contribution is 5.91. The van der Waals surface area contributed by atoms with Crippen LogP contribution in [0.5, 0.6) is 0 Å². The summed E-state index contributed by atoms with van der Waals surface area (Å²) in [5.74, 6) is 1.24. The van der Waals surface area contributed by atoms with Gasteiger partial charge in [0.25, 0.3) is 0 Å². The number of carboxylic acid groups (broad SMARTS) is 1. The molecule has 3 unspecified atom stereocenters. The summed E-state index contributed by atoms with van der Waals surface area (Å²) in [5.41, 5.74) is 2.17. The molecule has 0 aromatic carbocycles. The van der Waals surface area contributed by atoms with Crippen molar-refractivity contribution in [2.45, 2.75) is 113 Å². The van der Waals surface area contributed by atoms with Gasteiger partial charge in [0.2, 0.25) is 0 Å². The lowest BCUT2D eigenvalue weighted by Gasteiger charge is -2.71. The van der Waals surface area contributed by atoms with Crippen molar-refractivity contribution in [3.8, 4) is 0 Å². The van der Waals surface area contributed by atoms with E-state index in [0.29, 0.717) is 23.7 Å². The van der Waals surface area contributed by atoms with Gasteiger partial charge in [0.15, 0.2) is 0 Å². The summed E-state index contributed by atoms with van der Waals surface area (Å²) in [4.78, 5) is 29.5. The lowest BCUT2D eigenvalue weighted by atomic mass is 9.33. The molecular formula is C32H49NO4. The van der Waals surface area contributed by atoms with Gasteiger partial charge in [0.05, 0.1) is 11.1 Å². The zero-order valence-corrected chi connectivity index (χ0v) is 24.4. The third-order valence-corrected chi connectivity index (χ3v) is 13.5. The zero-order valence-electron chi connectivity index (χ0n) is 24.4. The van der Waals surface area contributed by atoms with E-state index in [1.165, 1.54) is 12.5 Å². The Morgan fingerprint density at radius 3 is 2.32 bits per heavy atom. The zero-order chi connectivity index (χ0) is 27.2. The number of aliphatic carboxylic acids is 1. The minimum absolute atomic E-state index is 0.0368. The second-order valence-electron chi connectivity index (χ2n) is 15.0. The monoisotopic (exact) mass is 511 g/mol. The highest BCUT2D eigenvalue weighted by atomic mass is 16.7. The van der Waals surface area contributed by atoms with E-state index in [4.69, 9.17) is 4.84 Å². The number of fused-ring (bicyclic) bond motifs is 7. The number of hydrogen-bond acceptors (Lipinski definition) is 4. The molecule has 37 heavy (non-hydrogen) atoms. The first-order valence-corrected chi connectivity index (χ1v) is 14.8. The molecule has 0 heterocycles. The minimum Gasteiger partial charge on any atom is -0.481 e. The fourth-order valence-electron chi connectivity index (χ4n) is 11.0. The molecule has 5 heteroatoms. The fraction of sp³-hybridized carbons (Fsp3) is 0.844. The molecule has 206 valence electrons.